The Kier molecular flexibility index (Phi) is 4.43. The maximum absolute atomic E-state index is 12.4. The van der Waals surface area contributed by atoms with Crippen molar-refractivity contribution in [3.05, 3.63) is 47.0 Å². The van der Waals surface area contributed by atoms with Crippen LogP contribution < -0.4 is 0 Å². The summed E-state index contributed by atoms with van der Waals surface area (Å²) in [5, 5.41) is 10.7. The predicted molar refractivity (Wildman–Crippen MR) is 94.2 cm³/mol. The van der Waals surface area contributed by atoms with E-state index >= 15 is 0 Å². The fourth-order valence-corrected chi connectivity index (χ4v) is 2.83. The average Bonchev–Trinajstić information content (AvgIpc) is 2.88. The zero-order valence-electron chi connectivity index (χ0n) is 13.9. The Balaban J connectivity index is 2.29. The van der Waals surface area contributed by atoms with Gasteiger partial charge in [-0.2, -0.15) is 5.26 Å². The van der Waals surface area contributed by atoms with Crippen LogP contribution in [0.15, 0.2) is 30.7 Å². The summed E-state index contributed by atoms with van der Waals surface area (Å²) in [4.78, 5) is 20.6. The second-order valence-corrected chi connectivity index (χ2v) is 6.22. The van der Waals surface area contributed by atoms with E-state index in [1.807, 2.05) is 7.05 Å². The predicted octanol–water partition coefficient (Wildman–Crippen LogP) is 3.73. The molecule has 1 aromatic carbocycles. The van der Waals surface area contributed by atoms with Gasteiger partial charge in [0.25, 0.3) is 0 Å². The summed E-state index contributed by atoms with van der Waals surface area (Å²) in [5.41, 5.74) is 2.51. The van der Waals surface area contributed by atoms with Crippen LogP contribution in [0, 0.1) is 11.3 Å². The molecule has 0 N–H and O–H groups in total. The molecular formula is C18H15ClN4O2. The Morgan fingerprint density at radius 1 is 1.36 bits per heavy atom. The minimum absolute atomic E-state index is 0.243. The number of benzene rings is 1. The Morgan fingerprint density at radius 3 is 2.80 bits per heavy atom. The maximum Gasteiger partial charge on any atom is 0.342 e. The molecule has 7 heteroatoms. The number of fused-ring (bicyclic) bond motifs is 1. The number of halogens is 1. The lowest BCUT2D eigenvalue weighted by molar-refractivity contribution is 0.0378. The van der Waals surface area contributed by atoms with Gasteiger partial charge in [0.1, 0.15) is 17.0 Å². The molecule has 0 bridgehead atoms. The fraction of sp³-hybridized carbons (Fsp3) is 0.222. The number of rotatable bonds is 3. The van der Waals surface area contributed by atoms with Crippen LogP contribution in [0.25, 0.3) is 22.2 Å². The molecule has 0 aliphatic carbocycles. The number of hydrogen-bond donors (Lipinski definition) is 0. The van der Waals surface area contributed by atoms with Crippen LogP contribution in [-0.4, -0.2) is 26.6 Å². The summed E-state index contributed by atoms with van der Waals surface area (Å²) >= 11 is 6.23. The van der Waals surface area contributed by atoms with Gasteiger partial charge in [-0.3, -0.25) is 0 Å². The van der Waals surface area contributed by atoms with E-state index in [9.17, 15) is 10.1 Å². The van der Waals surface area contributed by atoms with Crippen molar-refractivity contribution in [1.82, 2.24) is 14.5 Å². The molecule has 3 aromatic rings. The van der Waals surface area contributed by atoms with Gasteiger partial charge in [0.15, 0.2) is 0 Å². The largest absolute Gasteiger partial charge is 0.459 e. The molecular weight excluding hydrogens is 340 g/mol. The lowest BCUT2D eigenvalue weighted by Crippen LogP contribution is -2.13. The third kappa shape index (κ3) is 3.06. The number of aromatic nitrogens is 3. The molecule has 0 unspecified atom stereocenters. The smallest absolute Gasteiger partial charge is 0.342 e. The number of carbonyl (C=O) groups is 1. The van der Waals surface area contributed by atoms with Crippen molar-refractivity contribution in [3.8, 4) is 17.3 Å². The quantitative estimate of drug-likeness (QED) is 0.669. The highest BCUT2D eigenvalue weighted by Gasteiger charge is 2.20. The highest BCUT2D eigenvalue weighted by molar-refractivity contribution is 6.31. The highest BCUT2D eigenvalue weighted by Crippen LogP contribution is 2.34. The molecule has 0 aliphatic heterocycles. The van der Waals surface area contributed by atoms with Gasteiger partial charge in [-0.25, -0.2) is 14.8 Å². The van der Waals surface area contributed by atoms with Gasteiger partial charge in [0, 0.05) is 24.2 Å². The molecule has 0 aliphatic rings. The zero-order chi connectivity index (χ0) is 18.1. The lowest BCUT2D eigenvalue weighted by Gasteiger charge is -2.12. The van der Waals surface area contributed by atoms with Crippen LogP contribution in [0.3, 0.4) is 0 Å². The first-order valence-electron chi connectivity index (χ1n) is 7.62. The van der Waals surface area contributed by atoms with Crippen molar-refractivity contribution in [3.63, 3.8) is 0 Å². The van der Waals surface area contributed by atoms with E-state index in [0.29, 0.717) is 22.0 Å². The average molecular weight is 355 g/mol. The summed E-state index contributed by atoms with van der Waals surface area (Å²) in [5.74, 6) is -0.511. The van der Waals surface area contributed by atoms with Gasteiger partial charge in [-0.1, -0.05) is 11.6 Å². The van der Waals surface area contributed by atoms with Crippen molar-refractivity contribution in [2.45, 2.75) is 20.0 Å². The molecule has 0 fully saturated rings. The highest BCUT2D eigenvalue weighted by atomic mass is 35.5. The minimum atomic E-state index is -0.511. The monoisotopic (exact) mass is 354 g/mol. The molecule has 6 nitrogen and oxygen atoms in total. The number of ether oxygens (including phenoxy) is 1. The molecule has 2 heterocycles. The van der Waals surface area contributed by atoms with Crippen LogP contribution in [0.1, 0.15) is 29.8 Å². The maximum atomic E-state index is 12.4. The van der Waals surface area contributed by atoms with E-state index in [4.69, 9.17) is 16.3 Å². The summed E-state index contributed by atoms with van der Waals surface area (Å²) in [6.45, 7) is 3.54. The van der Waals surface area contributed by atoms with Crippen LogP contribution in [0.4, 0.5) is 0 Å². The van der Waals surface area contributed by atoms with Gasteiger partial charge in [0.2, 0.25) is 0 Å². The number of carbonyl (C=O) groups excluding carboxylic acids is 1. The van der Waals surface area contributed by atoms with Gasteiger partial charge < -0.3 is 9.30 Å². The first kappa shape index (κ1) is 16.9. The molecule has 126 valence electrons. The lowest BCUT2D eigenvalue weighted by atomic mass is 10.0. The topological polar surface area (TPSA) is 80.8 Å². The zero-order valence-corrected chi connectivity index (χ0v) is 14.7. The number of aryl methyl sites for hydroxylation is 1. The molecule has 3 rings (SSSR count). The van der Waals surface area contributed by atoms with Crippen LogP contribution in [-0.2, 0) is 11.8 Å². The minimum Gasteiger partial charge on any atom is -0.459 e. The number of esters is 1. The molecule has 0 saturated carbocycles. The molecule has 2 aromatic heterocycles. The standard InChI is InChI=1S/C18H15ClN4O2/c1-10(2)25-18(24)14-8-21-9-22-17(14)13-4-11(7-20)5-15-12(13)6-16(19)23(15)3/h4-6,8-10H,1-3H3. The van der Waals surface area contributed by atoms with Gasteiger partial charge in [0.05, 0.1) is 28.9 Å². The third-order valence-corrected chi connectivity index (χ3v) is 4.13. The third-order valence-electron chi connectivity index (χ3n) is 3.76. The number of hydrogen-bond acceptors (Lipinski definition) is 5. The Hall–Kier alpha value is -2.91. The van der Waals surface area contributed by atoms with Crippen molar-refractivity contribution >= 4 is 28.5 Å². The van der Waals surface area contributed by atoms with E-state index in [1.165, 1.54) is 12.5 Å². The van der Waals surface area contributed by atoms with E-state index < -0.39 is 5.97 Å². The Bertz CT molecular complexity index is 1020. The van der Waals surface area contributed by atoms with Crippen LogP contribution in [0.2, 0.25) is 5.15 Å². The molecule has 0 atom stereocenters. The van der Waals surface area contributed by atoms with Gasteiger partial charge >= 0.3 is 5.97 Å². The molecule has 25 heavy (non-hydrogen) atoms. The second-order valence-electron chi connectivity index (χ2n) is 5.83. The number of nitrogens with zero attached hydrogens (tertiary/aromatic N) is 4. The summed E-state index contributed by atoms with van der Waals surface area (Å²) in [6, 6.07) is 7.35. The van der Waals surface area contributed by atoms with Crippen LogP contribution >= 0.6 is 11.6 Å². The summed E-state index contributed by atoms with van der Waals surface area (Å²) < 4.78 is 7.05. The second kappa shape index (κ2) is 6.54. The summed E-state index contributed by atoms with van der Waals surface area (Å²) in [7, 11) is 1.81. The fourth-order valence-electron chi connectivity index (χ4n) is 2.63. The van der Waals surface area contributed by atoms with Gasteiger partial charge in [-0.15, -0.1) is 0 Å². The Labute approximate surface area is 149 Å². The van der Waals surface area contributed by atoms with Crippen molar-refractivity contribution in [1.29, 1.82) is 5.26 Å². The molecule has 0 spiro atoms. The van der Waals surface area contributed by atoms with E-state index in [1.54, 1.807) is 36.6 Å². The van der Waals surface area contributed by atoms with Crippen molar-refractivity contribution in [2.75, 3.05) is 0 Å². The molecule has 0 amide bonds. The SMILES string of the molecule is CC(C)OC(=O)c1cncnc1-c1cc(C#N)cc2c1cc(Cl)n2C. The normalized spacial score (nSPS) is 10.9. The van der Waals surface area contributed by atoms with Gasteiger partial charge in [-0.05, 0) is 32.0 Å². The molecule has 0 saturated heterocycles. The first-order chi connectivity index (χ1) is 11.9. The number of nitriles is 1. The van der Waals surface area contributed by atoms with Crippen molar-refractivity contribution in [2.24, 2.45) is 7.05 Å². The van der Waals surface area contributed by atoms with E-state index in [-0.39, 0.29) is 11.7 Å². The summed E-state index contributed by atoms with van der Waals surface area (Å²) in [6.07, 6.45) is 2.51. The first-order valence-corrected chi connectivity index (χ1v) is 8.00. The Morgan fingerprint density at radius 2 is 2.12 bits per heavy atom. The van der Waals surface area contributed by atoms with Crippen LogP contribution in [0.5, 0.6) is 0 Å². The van der Waals surface area contributed by atoms with E-state index in [0.717, 1.165) is 10.9 Å². The van der Waals surface area contributed by atoms with E-state index in [2.05, 4.69) is 16.0 Å². The van der Waals surface area contributed by atoms with Crippen molar-refractivity contribution < 1.29 is 9.53 Å². The molecule has 0 radical (unpaired) electrons.